The molecule has 0 saturated carbocycles. The second-order valence-corrected chi connectivity index (χ2v) is 9.60. The van der Waals surface area contributed by atoms with Crippen molar-refractivity contribution in [2.45, 2.75) is 17.9 Å². The largest absolute Gasteiger partial charge is 0.301 e. The zero-order valence-corrected chi connectivity index (χ0v) is 17.3. The normalized spacial score (nSPS) is 16.4. The van der Waals surface area contributed by atoms with Crippen molar-refractivity contribution in [1.82, 2.24) is 9.80 Å². The fourth-order valence-corrected chi connectivity index (χ4v) is 4.77. The Bertz CT molecular complexity index is 922. The number of hydrogen-bond donors (Lipinski definition) is 0. The molecule has 0 unspecified atom stereocenters. The molecule has 148 valence electrons. The fraction of sp³-hybridized carbons (Fsp3) is 0.381. The molecule has 0 bridgehead atoms. The van der Waals surface area contributed by atoms with E-state index < -0.39 is 9.84 Å². The lowest BCUT2D eigenvalue weighted by atomic mass is 10.1. The Morgan fingerprint density at radius 3 is 2.25 bits per heavy atom. The van der Waals surface area contributed by atoms with Gasteiger partial charge in [-0.05, 0) is 61.5 Å². The van der Waals surface area contributed by atoms with Crippen molar-refractivity contribution in [3.8, 4) is 6.07 Å². The third kappa shape index (κ3) is 5.79. The van der Waals surface area contributed by atoms with Gasteiger partial charge in [0.05, 0.1) is 22.3 Å². The maximum absolute atomic E-state index is 12.5. The quantitative estimate of drug-likeness (QED) is 0.722. The van der Waals surface area contributed by atoms with Gasteiger partial charge in [-0.1, -0.05) is 23.7 Å². The Morgan fingerprint density at radius 1 is 0.929 bits per heavy atom. The second-order valence-electron chi connectivity index (χ2n) is 7.05. The molecule has 28 heavy (non-hydrogen) atoms. The molecule has 0 radical (unpaired) electrons. The minimum Gasteiger partial charge on any atom is -0.301 e. The zero-order chi connectivity index (χ0) is 20.0. The van der Waals surface area contributed by atoms with Gasteiger partial charge >= 0.3 is 0 Å². The average molecular weight is 418 g/mol. The summed E-state index contributed by atoms with van der Waals surface area (Å²) in [6.07, 6.45) is 1.01. The molecule has 0 spiro atoms. The van der Waals surface area contributed by atoms with Crippen LogP contribution in [-0.4, -0.2) is 56.7 Å². The second kappa shape index (κ2) is 9.53. The molecule has 1 aliphatic heterocycles. The Balaban J connectivity index is 1.50. The van der Waals surface area contributed by atoms with Crippen LogP contribution in [0.25, 0.3) is 0 Å². The van der Waals surface area contributed by atoms with Crippen LogP contribution in [0.1, 0.15) is 17.5 Å². The van der Waals surface area contributed by atoms with Gasteiger partial charge in [0, 0.05) is 31.2 Å². The molecule has 0 aliphatic carbocycles. The highest BCUT2D eigenvalue weighted by Gasteiger charge is 2.19. The van der Waals surface area contributed by atoms with Crippen LogP contribution in [0.4, 0.5) is 0 Å². The monoisotopic (exact) mass is 417 g/mol. The van der Waals surface area contributed by atoms with Gasteiger partial charge in [0.1, 0.15) is 0 Å². The highest BCUT2D eigenvalue weighted by molar-refractivity contribution is 7.91. The third-order valence-electron chi connectivity index (χ3n) is 5.02. The molecule has 0 atom stereocenters. The highest BCUT2D eigenvalue weighted by Crippen LogP contribution is 2.16. The van der Waals surface area contributed by atoms with E-state index in [0.29, 0.717) is 22.0 Å². The van der Waals surface area contributed by atoms with Crippen LogP contribution in [0.15, 0.2) is 53.4 Å². The Labute approximate surface area is 172 Å². The molecule has 7 heteroatoms. The summed E-state index contributed by atoms with van der Waals surface area (Å²) < 4.78 is 25.1. The van der Waals surface area contributed by atoms with E-state index in [1.165, 1.54) is 5.56 Å². The number of benzene rings is 2. The maximum atomic E-state index is 12.5. The third-order valence-corrected chi connectivity index (χ3v) is 6.98. The summed E-state index contributed by atoms with van der Waals surface area (Å²) in [4.78, 5) is 4.94. The lowest BCUT2D eigenvalue weighted by molar-refractivity contribution is 0.258. The van der Waals surface area contributed by atoms with E-state index in [0.717, 1.165) is 39.1 Å². The van der Waals surface area contributed by atoms with E-state index in [-0.39, 0.29) is 5.75 Å². The van der Waals surface area contributed by atoms with Crippen molar-refractivity contribution < 1.29 is 8.42 Å². The first-order valence-corrected chi connectivity index (χ1v) is 11.4. The van der Waals surface area contributed by atoms with Gasteiger partial charge in [0.2, 0.25) is 0 Å². The lowest BCUT2D eigenvalue weighted by Gasteiger charge is -2.22. The molecular weight excluding hydrogens is 394 g/mol. The van der Waals surface area contributed by atoms with Gasteiger partial charge in [0.15, 0.2) is 9.84 Å². The fourth-order valence-electron chi connectivity index (χ4n) is 3.36. The Hall–Kier alpha value is -1.91. The standard InChI is InChI=1S/C21H24ClN3O2S/c22-20-6-8-21(9-7-20)28(26,27)15-14-24-10-1-11-25(13-12-24)17-19-4-2-18(16-23)3-5-19/h2-9H,1,10-15,17H2. The SMILES string of the molecule is N#Cc1ccc(CN2CCCN(CCS(=O)(=O)c3ccc(Cl)cc3)CC2)cc1. The van der Waals surface area contributed by atoms with E-state index in [1.807, 2.05) is 24.3 Å². The molecule has 2 aromatic carbocycles. The molecule has 0 aromatic heterocycles. The molecule has 1 saturated heterocycles. The van der Waals surface area contributed by atoms with Gasteiger partial charge in [0.25, 0.3) is 0 Å². The smallest absolute Gasteiger partial charge is 0.179 e. The summed E-state index contributed by atoms with van der Waals surface area (Å²) >= 11 is 5.84. The van der Waals surface area contributed by atoms with Crippen molar-refractivity contribution in [3.05, 3.63) is 64.7 Å². The van der Waals surface area contributed by atoms with Gasteiger partial charge in [-0.3, -0.25) is 4.90 Å². The van der Waals surface area contributed by atoms with Gasteiger partial charge < -0.3 is 4.90 Å². The zero-order valence-electron chi connectivity index (χ0n) is 15.7. The van der Waals surface area contributed by atoms with Crippen molar-refractivity contribution in [3.63, 3.8) is 0 Å². The molecule has 0 N–H and O–H groups in total. The van der Waals surface area contributed by atoms with Crippen molar-refractivity contribution >= 4 is 21.4 Å². The molecule has 2 aromatic rings. The first-order chi connectivity index (χ1) is 13.5. The summed E-state index contributed by atoms with van der Waals surface area (Å²) in [6, 6.07) is 16.2. The summed E-state index contributed by atoms with van der Waals surface area (Å²) in [5.74, 6) is 0.115. The summed E-state index contributed by atoms with van der Waals surface area (Å²) in [5.41, 5.74) is 1.87. The molecule has 5 nitrogen and oxygen atoms in total. The van der Waals surface area contributed by atoms with Crippen LogP contribution >= 0.6 is 11.6 Å². The molecular formula is C21H24ClN3O2S. The maximum Gasteiger partial charge on any atom is 0.179 e. The van der Waals surface area contributed by atoms with Crippen molar-refractivity contribution in [2.75, 3.05) is 38.5 Å². The van der Waals surface area contributed by atoms with Gasteiger partial charge in [-0.15, -0.1) is 0 Å². The summed E-state index contributed by atoms with van der Waals surface area (Å²) in [5, 5.41) is 9.43. The highest BCUT2D eigenvalue weighted by atomic mass is 35.5. The number of nitrogens with zero attached hydrogens (tertiary/aromatic N) is 3. The molecule has 1 fully saturated rings. The van der Waals surface area contributed by atoms with E-state index in [1.54, 1.807) is 24.3 Å². The van der Waals surface area contributed by atoms with E-state index >= 15 is 0 Å². The Morgan fingerprint density at radius 2 is 1.57 bits per heavy atom. The topological polar surface area (TPSA) is 64.4 Å². The number of hydrogen-bond acceptors (Lipinski definition) is 5. The van der Waals surface area contributed by atoms with Crippen LogP contribution in [0.5, 0.6) is 0 Å². The number of nitriles is 1. The predicted molar refractivity (Wildman–Crippen MR) is 111 cm³/mol. The Kier molecular flexibility index (Phi) is 7.08. The van der Waals surface area contributed by atoms with Crippen LogP contribution in [0.2, 0.25) is 5.02 Å². The summed E-state index contributed by atoms with van der Waals surface area (Å²) in [6.45, 7) is 5.03. The minimum absolute atomic E-state index is 0.115. The van der Waals surface area contributed by atoms with Crippen LogP contribution in [0, 0.1) is 11.3 Å². The van der Waals surface area contributed by atoms with Crippen LogP contribution < -0.4 is 0 Å². The van der Waals surface area contributed by atoms with Gasteiger partial charge in [-0.2, -0.15) is 5.26 Å². The first-order valence-electron chi connectivity index (χ1n) is 9.38. The average Bonchev–Trinajstić information content (AvgIpc) is 2.93. The predicted octanol–water partition coefficient (Wildman–Crippen LogP) is 3.19. The van der Waals surface area contributed by atoms with E-state index in [4.69, 9.17) is 16.9 Å². The van der Waals surface area contributed by atoms with Gasteiger partial charge in [-0.25, -0.2) is 8.42 Å². The molecule has 1 aliphatic rings. The van der Waals surface area contributed by atoms with Crippen molar-refractivity contribution in [2.24, 2.45) is 0 Å². The van der Waals surface area contributed by atoms with Crippen molar-refractivity contribution in [1.29, 1.82) is 5.26 Å². The molecule has 3 rings (SSSR count). The van der Waals surface area contributed by atoms with Crippen LogP contribution in [-0.2, 0) is 16.4 Å². The number of sulfone groups is 1. The van der Waals surface area contributed by atoms with Crippen LogP contribution in [0.3, 0.4) is 0 Å². The first kappa shape index (κ1) is 20.8. The lowest BCUT2D eigenvalue weighted by Crippen LogP contribution is -2.33. The van der Waals surface area contributed by atoms with E-state index in [9.17, 15) is 8.42 Å². The number of halogens is 1. The number of rotatable bonds is 6. The van der Waals surface area contributed by atoms with E-state index in [2.05, 4.69) is 15.9 Å². The molecule has 0 amide bonds. The summed E-state index contributed by atoms with van der Waals surface area (Å²) in [7, 11) is -3.30. The minimum atomic E-state index is -3.30. The molecule has 1 heterocycles.